The Balaban J connectivity index is 1.78. The van der Waals surface area contributed by atoms with E-state index in [9.17, 15) is 0 Å². The Morgan fingerprint density at radius 1 is 1.04 bits per heavy atom. The van der Waals surface area contributed by atoms with Crippen molar-refractivity contribution < 1.29 is 4.74 Å². The van der Waals surface area contributed by atoms with Gasteiger partial charge in [-0.05, 0) is 35.2 Å². The van der Waals surface area contributed by atoms with E-state index in [2.05, 4.69) is 33.8 Å². The maximum atomic E-state index is 5.90. The van der Waals surface area contributed by atoms with Gasteiger partial charge in [0.15, 0.2) is 5.96 Å². The molecule has 0 fully saturated rings. The lowest BCUT2D eigenvalue weighted by atomic mass is 10.1. The van der Waals surface area contributed by atoms with Gasteiger partial charge in [-0.2, -0.15) is 0 Å². The quantitative estimate of drug-likeness (QED) is 0.597. The number of rotatable bonds is 7. The average molecular weight is 346 g/mol. The van der Waals surface area contributed by atoms with Gasteiger partial charge in [-0.3, -0.25) is 4.99 Å². The van der Waals surface area contributed by atoms with E-state index in [0.717, 1.165) is 30.5 Å². The number of hydrogen-bond acceptors (Lipinski definition) is 2. The van der Waals surface area contributed by atoms with Crippen LogP contribution >= 0.6 is 11.6 Å². The van der Waals surface area contributed by atoms with Crippen molar-refractivity contribution in [1.82, 2.24) is 10.6 Å². The SMILES string of the molecule is CN=C(NCCc1ccc(Cl)cc1)NCc1cccc(COC)c1. The summed E-state index contributed by atoms with van der Waals surface area (Å²) in [6, 6.07) is 16.2. The lowest BCUT2D eigenvalue weighted by molar-refractivity contribution is 0.185. The molecular weight excluding hydrogens is 322 g/mol. The van der Waals surface area contributed by atoms with Crippen molar-refractivity contribution in [2.24, 2.45) is 4.99 Å². The minimum Gasteiger partial charge on any atom is -0.380 e. The Kier molecular flexibility index (Phi) is 7.59. The fourth-order valence-electron chi connectivity index (χ4n) is 2.38. The molecular formula is C19H24ClN3O. The summed E-state index contributed by atoms with van der Waals surface area (Å²) >= 11 is 5.90. The van der Waals surface area contributed by atoms with Gasteiger partial charge < -0.3 is 15.4 Å². The zero-order valence-electron chi connectivity index (χ0n) is 14.2. The fraction of sp³-hybridized carbons (Fsp3) is 0.316. The van der Waals surface area contributed by atoms with Gasteiger partial charge in [0.1, 0.15) is 0 Å². The van der Waals surface area contributed by atoms with Crippen LogP contribution in [0.4, 0.5) is 0 Å². The molecule has 0 bridgehead atoms. The zero-order valence-corrected chi connectivity index (χ0v) is 14.9. The van der Waals surface area contributed by atoms with Crippen LogP contribution in [0.2, 0.25) is 5.02 Å². The molecule has 128 valence electrons. The molecule has 0 unspecified atom stereocenters. The standard InChI is InChI=1S/C19H24ClN3O/c1-21-19(22-11-10-15-6-8-18(20)9-7-15)23-13-16-4-3-5-17(12-16)14-24-2/h3-9,12H,10-11,13-14H2,1-2H3,(H2,21,22,23). The predicted molar refractivity (Wildman–Crippen MR) is 101 cm³/mol. The first kappa shape index (κ1) is 18.3. The van der Waals surface area contributed by atoms with Crippen LogP contribution in [0.3, 0.4) is 0 Å². The number of ether oxygens (including phenoxy) is 1. The summed E-state index contributed by atoms with van der Waals surface area (Å²) in [5.74, 6) is 0.793. The highest BCUT2D eigenvalue weighted by atomic mass is 35.5. The molecule has 2 rings (SSSR count). The molecule has 0 aliphatic heterocycles. The molecule has 0 aromatic heterocycles. The first-order valence-corrected chi connectivity index (χ1v) is 8.35. The van der Waals surface area contributed by atoms with Crippen molar-refractivity contribution in [3.63, 3.8) is 0 Å². The largest absolute Gasteiger partial charge is 0.380 e. The highest BCUT2D eigenvalue weighted by Gasteiger charge is 2.00. The third-order valence-corrected chi connectivity index (χ3v) is 3.86. The predicted octanol–water partition coefficient (Wildman–Crippen LogP) is 3.39. The van der Waals surface area contributed by atoms with E-state index in [-0.39, 0.29) is 0 Å². The van der Waals surface area contributed by atoms with Crippen molar-refractivity contribution in [3.05, 3.63) is 70.2 Å². The van der Waals surface area contributed by atoms with Gasteiger partial charge in [-0.15, -0.1) is 0 Å². The summed E-state index contributed by atoms with van der Waals surface area (Å²) in [6.45, 7) is 2.16. The van der Waals surface area contributed by atoms with Crippen LogP contribution < -0.4 is 10.6 Å². The van der Waals surface area contributed by atoms with Gasteiger partial charge in [-0.1, -0.05) is 48.0 Å². The number of methoxy groups -OCH3 is 1. The molecule has 2 N–H and O–H groups in total. The molecule has 0 amide bonds. The van der Waals surface area contributed by atoms with Crippen molar-refractivity contribution in [1.29, 1.82) is 0 Å². The summed E-state index contributed by atoms with van der Waals surface area (Å²) in [4.78, 5) is 4.26. The van der Waals surface area contributed by atoms with Gasteiger partial charge in [0.25, 0.3) is 0 Å². The molecule has 0 saturated carbocycles. The highest BCUT2D eigenvalue weighted by Crippen LogP contribution is 2.09. The first-order valence-electron chi connectivity index (χ1n) is 7.97. The van der Waals surface area contributed by atoms with E-state index in [1.54, 1.807) is 14.2 Å². The molecule has 0 atom stereocenters. The van der Waals surface area contributed by atoms with Gasteiger partial charge in [-0.25, -0.2) is 0 Å². The molecule has 5 heteroatoms. The number of aliphatic imine (C=N–C) groups is 1. The molecule has 0 radical (unpaired) electrons. The van der Waals surface area contributed by atoms with Crippen LogP contribution in [0, 0.1) is 0 Å². The van der Waals surface area contributed by atoms with Gasteiger partial charge in [0.2, 0.25) is 0 Å². The summed E-state index contributed by atoms with van der Waals surface area (Å²) in [5.41, 5.74) is 3.61. The number of guanidine groups is 1. The number of hydrogen-bond donors (Lipinski definition) is 2. The number of nitrogens with zero attached hydrogens (tertiary/aromatic N) is 1. The topological polar surface area (TPSA) is 45.7 Å². The van der Waals surface area contributed by atoms with Crippen LogP contribution in [0.25, 0.3) is 0 Å². The molecule has 2 aromatic carbocycles. The molecule has 0 spiro atoms. The van der Waals surface area contributed by atoms with Gasteiger partial charge >= 0.3 is 0 Å². The lowest BCUT2D eigenvalue weighted by Crippen LogP contribution is -2.37. The number of halogens is 1. The molecule has 2 aromatic rings. The van der Waals surface area contributed by atoms with E-state index < -0.39 is 0 Å². The average Bonchev–Trinajstić information content (AvgIpc) is 2.60. The van der Waals surface area contributed by atoms with E-state index >= 15 is 0 Å². The molecule has 0 saturated heterocycles. The van der Waals surface area contributed by atoms with Gasteiger partial charge in [0, 0.05) is 32.3 Å². The molecule has 0 aliphatic carbocycles. The second-order valence-corrected chi connectivity index (χ2v) is 5.92. The Morgan fingerprint density at radius 2 is 1.79 bits per heavy atom. The Bertz CT molecular complexity index is 656. The molecule has 4 nitrogen and oxygen atoms in total. The van der Waals surface area contributed by atoms with Gasteiger partial charge in [0.05, 0.1) is 6.61 Å². The summed E-state index contributed by atoms with van der Waals surface area (Å²) < 4.78 is 5.17. The van der Waals surface area contributed by atoms with E-state index in [1.807, 2.05) is 30.3 Å². The number of benzene rings is 2. The van der Waals surface area contributed by atoms with Crippen LogP contribution in [-0.2, 0) is 24.3 Å². The monoisotopic (exact) mass is 345 g/mol. The maximum absolute atomic E-state index is 5.90. The van der Waals surface area contributed by atoms with E-state index in [4.69, 9.17) is 16.3 Å². The lowest BCUT2D eigenvalue weighted by Gasteiger charge is -2.12. The minimum absolute atomic E-state index is 0.627. The minimum atomic E-state index is 0.627. The van der Waals surface area contributed by atoms with Crippen LogP contribution in [0.1, 0.15) is 16.7 Å². The Morgan fingerprint density at radius 3 is 2.50 bits per heavy atom. The molecule has 0 heterocycles. The molecule has 24 heavy (non-hydrogen) atoms. The Hall–Kier alpha value is -2.04. The van der Waals surface area contributed by atoms with E-state index in [0.29, 0.717) is 6.61 Å². The maximum Gasteiger partial charge on any atom is 0.191 e. The first-order chi connectivity index (χ1) is 11.7. The van der Waals surface area contributed by atoms with Crippen LogP contribution in [0.15, 0.2) is 53.5 Å². The summed E-state index contributed by atoms with van der Waals surface area (Å²) in [5, 5.41) is 7.41. The van der Waals surface area contributed by atoms with Crippen LogP contribution in [-0.4, -0.2) is 26.7 Å². The summed E-state index contributed by atoms with van der Waals surface area (Å²) in [7, 11) is 3.48. The second-order valence-electron chi connectivity index (χ2n) is 5.48. The normalized spacial score (nSPS) is 11.4. The van der Waals surface area contributed by atoms with Crippen molar-refractivity contribution >= 4 is 17.6 Å². The third-order valence-electron chi connectivity index (χ3n) is 3.61. The van der Waals surface area contributed by atoms with Crippen molar-refractivity contribution in [2.45, 2.75) is 19.6 Å². The zero-order chi connectivity index (χ0) is 17.2. The van der Waals surface area contributed by atoms with Crippen LogP contribution in [0.5, 0.6) is 0 Å². The summed E-state index contributed by atoms with van der Waals surface area (Å²) in [6.07, 6.45) is 0.918. The fourth-order valence-corrected chi connectivity index (χ4v) is 2.50. The molecule has 0 aliphatic rings. The van der Waals surface area contributed by atoms with Crippen molar-refractivity contribution in [3.8, 4) is 0 Å². The van der Waals surface area contributed by atoms with Crippen molar-refractivity contribution in [2.75, 3.05) is 20.7 Å². The van der Waals surface area contributed by atoms with E-state index in [1.165, 1.54) is 16.7 Å². The number of nitrogens with one attached hydrogen (secondary N) is 2. The smallest absolute Gasteiger partial charge is 0.191 e. The second kappa shape index (κ2) is 9.96. The Labute approximate surface area is 148 Å². The third kappa shape index (κ3) is 6.22. The highest BCUT2D eigenvalue weighted by molar-refractivity contribution is 6.30.